The standard InChI is InChI=1S/C29H30F4N4O3/c1-16-13-37(14-17(2)35-16)26-11-24(30)21(19-4-3-5-20(8-19)40-15-18-6-7-18)9-25(26)36-28(39)22-12-34-27(38)10-23(22)29(31,32)33/h3-5,8-12,16-18,35H,6-7,13-15H2,1-2H3,(H,34,38)(H,36,39)/t16-,17+. The van der Waals surface area contributed by atoms with Gasteiger partial charge in [-0.2, -0.15) is 13.2 Å². The number of aromatic amines is 1. The number of piperazine rings is 1. The molecule has 2 atom stereocenters. The molecule has 2 aliphatic rings. The minimum Gasteiger partial charge on any atom is -0.493 e. The van der Waals surface area contributed by atoms with Crippen molar-refractivity contribution in [1.29, 1.82) is 0 Å². The smallest absolute Gasteiger partial charge is 0.417 e. The van der Waals surface area contributed by atoms with Crippen LogP contribution in [0.15, 0.2) is 53.5 Å². The number of H-pyrrole nitrogens is 1. The second-order valence-corrected chi connectivity index (χ2v) is 10.6. The molecule has 0 radical (unpaired) electrons. The largest absolute Gasteiger partial charge is 0.493 e. The van der Waals surface area contributed by atoms with Gasteiger partial charge >= 0.3 is 6.18 Å². The van der Waals surface area contributed by atoms with E-state index in [1.807, 2.05) is 18.7 Å². The molecule has 1 saturated heterocycles. The van der Waals surface area contributed by atoms with E-state index in [1.165, 1.54) is 12.1 Å². The van der Waals surface area contributed by atoms with Crippen LogP contribution in [0.2, 0.25) is 0 Å². The Morgan fingerprint density at radius 3 is 2.50 bits per heavy atom. The van der Waals surface area contributed by atoms with Gasteiger partial charge in [0, 0.05) is 43.0 Å². The maximum atomic E-state index is 15.7. The number of benzene rings is 2. The highest BCUT2D eigenvalue weighted by molar-refractivity contribution is 6.07. The summed E-state index contributed by atoms with van der Waals surface area (Å²) in [4.78, 5) is 28.8. The van der Waals surface area contributed by atoms with Crippen LogP contribution in [-0.2, 0) is 6.18 Å². The Bertz CT molecular complexity index is 1460. The molecular formula is C29H30F4N4O3. The van der Waals surface area contributed by atoms with E-state index in [0.29, 0.717) is 48.7 Å². The summed E-state index contributed by atoms with van der Waals surface area (Å²) >= 11 is 0. The minimum absolute atomic E-state index is 0.0476. The number of carbonyl (C=O) groups is 1. The first-order chi connectivity index (χ1) is 19.0. The molecule has 2 aromatic carbocycles. The van der Waals surface area contributed by atoms with E-state index in [-0.39, 0.29) is 23.3 Å². The van der Waals surface area contributed by atoms with Crippen LogP contribution in [0.3, 0.4) is 0 Å². The fraction of sp³-hybridized carbons (Fsp3) is 0.379. The van der Waals surface area contributed by atoms with Crippen LogP contribution in [0.4, 0.5) is 28.9 Å². The third-order valence-corrected chi connectivity index (χ3v) is 7.03. The van der Waals surface area contributed by atoms with Gasteiger partial charge in [0.2, 0.25) is 5.56 Å². The van der Waals surface area contributed by atoms with Crippen molar-refractivity contribution in [2.75, 3.05) is 29.9 Å². The third-order valence-electron chi connectivity index (χ3n) is 7.03. The molecule has 2 fully saturated rings. The summed E-state index contributed by atoms with van der Waals surface area (Å²) in [5.41, 5.74) is -1.95. The average Bonchev–Trinajstić information content (AvgIpc) is 3.72. The summed E-state index contributed by atoms with van der Waals surface area (Å²) in [5.74, 6) is -0.530. The molecule has 0 spiro atoms. The van der Waals surface area contributed by atoms with Gasteiger partial charge < -0.3 is 25.3 Å². The molecule has 5 rings (SSSR count). The number of ether oxygens (including phenoxy) is 1. The molecule has 3 aromatic rings. The van der Waals surface area contributed by atoms with Gasteiger partial charge in [-0.1, -0.05) is 12.1 Å². The van der Waals surface area contributed by atoms with E-state index >= 15 is 4.39 Å². The normalized spacial score (nSPS) is 19.4. The SMILES string of the molecule is C[C@@H]1CN(c2cc(F)c(-c3cccc(OCC4CC4)c3)cc2NC(=O)c2c[nH]c(=O)cc2C(F)(F)F)C[C@H](C)N1. The van der Waals surface area contributed by atoms with Crippen molar-refractivity contribution in [2.24, 2.45) is 5.92 Å². The molecule has 0 bridgehead atoms. The van der Waals surface area contributed by atoms with Crippen molar-refractivity contribution < 1.29 is 27.1 Å². The average molecular weight is 559 g/mol. The number of alkyl halides is 3. The first-order valence-corrected chi connectivity index (χ1v) is 13.2. The molecule has 0 unspecified atom stereocenters. The molecule has 11 heteroatoms. The number of rotatable bonds is 7. The van der Waals surface area contributed by atoms with Crippen LogP contribution in [0, 0.1) is 11.7 Å². The molecule has 7 nitrogen and oxygen atoms in total. The molecule has 1 aliphatic carbocycles. The lowest BCUT2D eigenvalue weighted by Gasteiger charge is -2.38. The zero-order chi connectivity index (χ0) is 28.6. The fourth-order valence-corrected chi connectivity index (χ4v) is 5.00. The van der Waals surface area contributed by atoms with Gasteiger partial charge in [0.15, 0.2) is 0 Å². The lowest BCUT2D eigenvalue weighted by atomic mass is 10.0. The second kappa shape index (κ2) is 11.0. The molecule has 40 heavy (non-hydrogen) atoms. The van der Waals surface area contributed by atoms with E-state index in [4.69, 9.17) is 4.74 Å². The van der Waals surface area contributed by atoms with Crippen LogP contribution in [0.1, 0.15) is 42.6 Å². The number of amides is 1. The Hall–Kier alpha value is -3.86. The fourth-order valence-electron chi connectivity index (χ4n) is 5.00. The topological polar surface area (TPSA) is 86.5 Å². The van der Waals surface area contributed by atoms with Gasteiger partial charge in [0.05, 0.1) is 29.1 Å². The van der Waals surface area contributed by atoms with E-state index in [0.717, 1.165) is 19.0 Å². The summed E-state index contributed by atoms with van der Waals surface area (Å²) in [6, 6.07) is 10.1. The van der Waals surface area contributed by atoms with Crippen LogP contribution in [0.5, 0.6) is 5.75 Å². The van der Waals surface area contributed by atoms with Gasteiger partial charge in [0.1, 0.15) is 11.6 Å². The number of pyridine rings is 1. The van der Waals surface area contributed by atoms with Gasteiger partial charge in [-0.25, -0.2) is 4.39 Å². The number of aromatic nitrogens is 1. The Balaban J connectivity index is 1.55. The molecule has 1 aromatic heterocycles. The number of nitrogens with one attached hydrogen (secondary N) is 3. The van der Waals surface area contributed by atoms with E-state index in [2.05, 4.69) is 15.6 Å². The van der Waals surface area contributed by atoms with Gasteiger partial charge in [-0.05, 0) is 62.4 Å². The molecule has 3 N–H and O–H groups in total. The van der Waals surface area contributed by atoms with Gasteiger partial charge in [0.25, 0.3) is 5.91 Å². The van der Waals surface area contributed by atoms with Gasteiger partial charge in [-0.3, -0.25) is 9.59 Å². The van der Waals surface area contributed by atoms with Crippen molar-refractivity contribution in [3.05, 3.63) is 76.0 Å². The summed E-state index contributed by atoms with van der Waals surface area (Å²) in [5, 5.41) is 5.95. The highest BCUT2D eigenvalue weighted by atomic mass is 19.4. The van der Waals surface area contributed by atoms with Crippen LogP contribution in [0.25, 0.3) is 11.1 Å². The molecule has 1 amide bonds. The summed E-state index contributed by atoms with van der Waals surface area (Å²) in [7, 11) is 0. The van der Waals surface area contributed by atoms with E-state index in [9.17, 15) is 22.8 Å². The zero-order valence-electron chi connectivity index (χ0n) is 22.1. The Labute approximate surface area is 228 Å². The minimum atomic E-state index is -4.93. The number of anilines is 2. The number of carbonyl (C=O) groups excluding carboxylic acids is 1. The number of nitrogens with zero attached hydrogens (tertiary/aromatic N) is 1. The van der Waals surface area contributed by atoms with E-state index < -0.39 is 34.6 Å². The molecule has 1 aliphatic heterocycles. The van der Waals surface area contributed by atoms with E-state index in [1.54, 1.807) is 24.3 Å². The summed E-state index contributed by atoms with van der Waals surface area (Å²) < 4.78 is 62.5. The lowest BCUT2D eigenvalue weighted by molar-refractivity contribution is -0.138. The third kappa shape index (κ3) is 6.30. The maximum absolute atomic E-state index is 15.7. The Morgan fingerprint density at radius 2 is 1.82 bits per heavy atom. The zero-order valence-corrected chi connectivity index (χ0v) is 22.1. The molecule has 2 heterocycles. The maximum Gasteiger partial charge on any atom is 0.417 e. The highest BCUT2D eigenvalue weighted by Gasteiger charge is 2.36. The van der Waals surface area contributed by atoms with Crippen molar-refractivity contribution in [2.45, 2.75) is 44.9 Å². The number of halogens is 4. The predicted molar refractivity (Wildman–Crippen MR) is 144 cm³/mol. The lowest BCUT2D eigenvalue weighted by Crippen LogP contribution is -2.54. The van der Waals surface area contributed by atoms with Crippen molar-refractivity contribution in [1.82, 2.24) is 10.3 Å². The van der Waals surface area contributed by atoms with Gasteiger partial charge in [-0.15, -0.1) is 0 Å². The Morgan fingerprint density at radius 1 is 1.10 bits per heavy atom. The Kier molecular flexibility index (Phi) is 7.59. The van der Waals surface area contributed by atoms with Crippen molar-refractivity contribution in [3.63, 3.8) is 0 Å². The molecular weight excluding hydrogens is 528 g/mol. The second-order valence-electron chi connectivity index (χ2n) is 10.6. The summed E-state index contributed by atoms with van der Waals surface area (Å²) in [6.07, 6.45) is -1.96. The molecule has 212 valence electrons. The van der Waals surface area contributed by atoms with Crippen LogP contribution >= 0.6 is 0 Å². The summed E-state index contributed by atoms with van der Waals surface area (Å²) in [6.45, 7) is 5.49. The highest BCUT2D eigenvalue weighted by Crippen LogP contribution is 2.38. The van der Waals surface area contributed by atoms with Crippen LogP contribution in [-0.4, -0.2) is 42.7 Å². The monoisotopic (exact) mass is 558 g/mol. The van der Waals surface area contributed by atoms with Crippen LogP contribution < -0.4 is 25.8 Å². The molecule has 1 saturated carbocycles. The number of hydrogen-bond acceptors (Lipinski definition) is 5. The predicted octanol–water partition coefficient (Wildman–Crippen LogP) is 5.43. The first-order valence-electron chi connectivity index (χ1n) is 13.2. The van der Waals surface area contributed by atoms with Crippen molar-refractivity contribution >= 4 is 17.3 Å². The quantitative estimate of drug-likeness (QED) is 0.337. The first kappa shape index (κ1) is 27.7. The van der Waals surface area contributed by atoms with Crippen molar-refractivity contribution in [3.8, 4) is 16.9 Å². The number of hydrogen-bond donors (Lipinski definition) is 3.